The van der Waals surface area contributed by atoms with Gasteiger partial charge in [0.2, 0.25) is 5.91 Å². The van der Waals surface area contributed by atoms with Gasteiger partial charge >= 0.3 is 16.2 Å². The number of halogens is 2. The van der Waals surface area contributed by atoms with Gasteiger partial charge in [-0.25, -0.2) is 14.8 Å². The van der Waals surface area contributed by atoms with Gasteiger partial charge in [0, 0.05) is 18.9 Å². The van der Waals surface area contributed by atoms with Gasteiger partial charge in [-0.3, -0.25) is 9.69 Å². The molecule has 1 saturated heterocycles. The zero-order valence-corrected chi connectivity index (χ0v) is 12.9. The normalized spacial score (nSPS) is 18.6. The molecule has 0 aliphatic carbocycles. The molecular formula is C11H11ClFN3O5S. The fourth-order valence-corrected chi connectivity index (χ4v) is 3.09. The van der Waals surface area contributed by atoms with Crippen molar-refractivity contribution in [1.82, 2.24) is 9.97 Å². The molecule has 2 rings (SSSR count). The Morgan fingerprint density at radius 3 is 2.86 bits per heavy atom. The van der Waals surface area contributed by atoms with E-state index >= 15 is 0 Å². The van der Waals surface area contributed by atoms with Crippen molar-refractivity contribution in [3.63, 3.8) is 0 Å². The molecule has 1 atom stereocenters. The number of methoxy groups -OCH3 is 1. The third-order valence-electron chi connectivity index (χ3n) is 3.00. The van der Waals surface area contributed by atoms with E-state index in [0.29, 0.717) is 0 Å². The van der Waals surface area contributed by atoms with Crippen molar-refractivity contribution in [1.29, 1.82) is 0 Å². The summed E-state index contributed by atoms with van der Waals surface area (Å²) in [6, 6.07) is 0. The highest BCUT2D eigenvalue weighted by atomic mass is 35.5. The molecule has 1 amide bonds. The molecule has 1 unspecified atom stereocenters. The van der Waals surface area contributed by atoms with Gasteiger partial charge in [0.25, 0.3) is 0 Å². The number of aromatic nitrogens is 2. The van der Waals surface area contributed by atoms with E-state index in [-0.39, 0.29) is 29.6 Å². The summed E-state index contributed by atoms with van der Waals surface area (Å²) in [6.45, 7) is -0.0950. The summed E-state index contributed by atoms with van der Waals surface area (Å²) in [4.78, 5) is 32.4. The minimum atomic E-state index is -4.70. The minimum absolute atomic E-state index is 0.0707. The maximum absolute atomic E-state index is 12.7. The van der Waals surface area contributed by atoms with E-state index in [2.05, 4.69) is 14.7 Å². The molecular weight excluding hydrogens is 341 g/mol. The highest BCUT2D eigenvalue weighted by molar-refractivity contribution is 7.86. The highest BCUT2D eigenvalue weighted by Gasteiger charge is 2.36. The van der Waals surface area contributed by atoms with Gasteiger partial charge in [0.1, 0.15) is 5.15 Å². The summed E-state index contributed by atoms with van der Waals surface area (Å²) in [5.41, 5.74) is -0.271. The van der Waals surface area contributed by atoms with Crippen molar-refractivity contribution >= 4 is 39.5 Å². The number of rotatable bonds is 4. The molecule has 1 fully saturated rings. The fourth-order valence-electron chi connectivity index (χ4n) is 2.17. The Bertz CT molecular complexity index is 726. The topological polar surface area (TPSA) is 107 Å². The molecule has 0 bridgehead atoms. The van der Waals surface area contributed by atoms with Crippen molar-refractivity contribution in [3.05, 3.63) is 17.0 Å². The number of hydrogen-bond acceptors (Lipinski definition) is 7. The number of carbonyl (C=O) groups excluding carboxylic acids is 2. The first-order valence-electron chi connectivity index (χ1n) is 6.05. The molecule has 0 spiro atoms. The van der Waals surface area contributed by atoms with E-state index in [1.165, 1.54) is 0 Å². The number of amides is 1. The Labute approximate surface area is 130 Å². The van der Waals surface area contributed by atoms with Crippen LogP contribution in [0.1, 0.15) is 16.9 Å². The number of ether oxygens (including phenoxy) is 1. The van der Waals surface area contributed by atoms with Crippen LogP contribution in [0.2, 0.25) is 5.15 Å². The molecule has 1 aliphatic rings. The van der Waals surface area contributed by atoms with E-state index in [0.717, 1.165) is 18.2 Å². The Hall–Kier alpha value is -1.81. The summed E-state index contributed by atoms with van der Waals surface area (Å²) >= 11 is 5.66. The van der Waals surface area contributed by atoms with Gasteiger partial charge in [0.05, 0.1) is 19.1 Å². The summed E-state index contributed by atoms with van der Waals surface area (Å²) in [7, 11) is -3.58. The zero-order chi connectivity index (χ0) is 16.5. The lowest BCUT2D eigenvalue weighted by molar-refractivity contribution is -0.117. The first kappa shape index (κ1) is 16.6. The van der Waals surface area contributed by atoms with Crippen LogP contribution in [-0.2, 0) is 19.8 Å². The van der Waals surface area contributed by atoms with Crippen molar-refractivity contribution in [2.45, 2.75) is 6.42 Å². The van der Waals surface area contributed by atoms with Crippen LogP contribution in [0.5, 0.6) is 0 Å². The third-order valence-corrected chi connectivity index (χ3v) is 4.05. The van der Waals surface area contributed by atoms with Gasteiger partial charge in [-0.15, -0.1) is 3.89 Å². The van der Waals surface area contributed by atoms with E-state index in [9.17, 15) is 21.9 Å². The number of hydrogen-bond donors (Lipinski definition) is 0. The zero-order valence-electron chi connectivity index (χ0n) is 11.3. The van der Waals surface area contributed by atoms with Gasteiger partial charge in [-0.05, 0) is 0 Å². The van der Waals surface area contributed by atoms with Crippen molar-refractivity contribution in [3.8, 4) is 0 Å². The number of carbonyl (C=O) groups is 2. The number of anilines is 1. The van der Waals surface area contributed by atoms with Crippen LogP contribution in [0.3, 0.4) is 0 Å². The first-order valence-corrected chi connectivity index (χ1v) is 7.98. The second kappa shape index (κ2) is 6.13. The Balaban J connectivity index is 2.32. The molecule has 11 heteroatoms. The molecule has 1 aliphatic heterocycles. The Morgan fingerprint density at radius 2 is 2.27 bits per heavy atom. The number of esters is 1. The van der Waals surface area contributed by atoms with Crippen LogP contribution in [0.4, 0.5) is 9.70 Å². The number of nitrogens with zero attached hydrogens (tertiary/aromatic N) is 3. The highest BCUT2D eigenvalue weighted by Crippen LogP contribution is 2.27. The van der Waals surface area contributed by atoms with Crippen LogP contribution in [0.15, 0.2) is 6.20 Å². The Kier molecular flexibility index (Phi) is 4.61. The molecule has 1 aromatic heterocycles. The standard InChI is InChI=1S/C11H11ClFN3O5S/c1-21-11(18)9-10(14-3-7(12)15-9)16-4-6(2-8(16)17)5-22(13,19)20/h3,6H,2,4-5H2,1H3. The average Bonchev–Trinajstić information content (AvgIpc) is 2.76. The quantitative estimate of drug-likeness (QED) is 0.576. The largest absolute Gasteiger partial charge is 0.464 e. The van der Waals surface area contributed by atoms with Crippen LogP contribution in [-0.4, -0.2) is 49.7 Å². The predicted octanol–water partition coefficient (Wildman–Crippen LogP) is 0.569. The van der Waals surface area contributed by atoms with Gasteiger partial charge in [0.15, 0.2) is 11.5 Å². The molecule has 1 aromatic rings. The molecule has 0 radical (unpaired) electrons. The minimum Gasteiger partial charge on any atom is -0.464 e. The van der Waals surface area contributed by atoms with E-state index in [4.69, 9.17) is 11.6 Å². The second-order valence-electron chi connectivity index (χ2n) is 4.64. The van der Waals surface area contributed by atoms with Crippen LogP contribution in [0.25, 0.3) is 0 Å². The van der Waals surface area contributed by atoms with Crippen LogP contribution in [0, 0.1) is 5.92 Å². The smallest absolute Gasteiger partial charge is 0.360 e. The lowest BCUT2D eigenvalue weighted by Crippen LogP contribution is -2.29. The van der Waals surface area contributed by atoms with Gasteiger partial charge in [-0.1, -0.05) is 11.6 Å². The lowest BCUT2D eigenvalue weighted by Gasteiger charge is -2.17. The summed E-state index contributed by atoms with van der Waals surface area (Å²) in [5, 5.41) is -0.0707. The fraction of sp³-hybridized carbons (Fsp3) is 0.455. The van der Waals surface area contributed by atoms with E-state index in [1.807, 2.05) is 0 Å². The van der Waals surface area contributed by atoms with Crippen molar-refractivity contribution in [2.24, 2.45) is 5.92 Å². The van der Waals surface area contributed by atoms with E-state index in [1.54, 1.807) is 0 Å². The SMILES string of the molecule is COC(=O)c1nc(Cl)cnc1N1CC(CS(=O)(=O)F)CC1=O. The van der Waals surface area contributed by atoms with Gasteiger partial charge < -0.3 is 4.74 Å². The predicted molar refractivity (Wildman–Crippen MR) is 73.7 cm³/mol. The van der Waals surface area contributed by atoms with Crippen molar-refractivity contribution < 1.29 is 26.6 Å². The molecule has 120 valence electrons. The first-order chi connectivity index (χ1) is 10.2. The monoisotopic (exact) mass is 351 g/mol. The maximum atomic E-state index is 12.7. The summed E-state index contributed by atoms with van der Waals surface area (Å²) in [5.74, 6) is -2.94. The summed E-state index contributed by atoms with van der Waals surface area (Å²) < 4.78 is 38.6. The lowest BCUT2D eigenvalue weighted by atomic mass is 10.1. The average molecular weight is 352 g/mol. The molecule has 0 saturated carbocycles. The molecule has 8 nitrogen and oxygen atoms in total. The molecule has 22 heavy (non-hydrogen) atoms. The molecule has 0 aromatic carbocycles. The second-order valence-corrected chi connectivity index (χ2v) is 6.43. The van der Waals surface area contributed by atoms with Crippen LogP contribution >= 0.6 is 11.6 Å². The van der Waals surface area contributed by atoms with Crippen LogP contribution < -0.4 is 4.90 Å². The van der Waals surface area contributed by atoms with E-state index < -0.39 is 33.8 Å². The van der Waals surface area contributed by atoms with Gasteiger partial charge in [-0.2, -0.15) is 8.42 Å². The molecule has 0 N–H and O–H groups in total. The maximum Gasteiger partial charge on any atom is 0.360 e. The van der Waals surface area contributed by atoms with Crippen molar-refractivity contribution in [2.75, 3.05) is 24.3 Å². The summed E-state index contributed by atoms with van der Waals surface area (Å²) in [6.07, 6.45) is 0.962. The Morgan fingerprint density at radius 1 is 1.59 bits per heavy atom. The molecule has 2 heterocycles. The third kappa shape index (κ3) is 3.69.